The lowest BCUT2D eigenvalue weighted by Gasteiger charge is -2.34. The maximum Gasteiger partial charge on any atom is 0.329 e. The average molecular weight is 536 g/mol. The topological polar surface area (TPSA) is 46.5 Å². The zero-order valence-electron chi connectivity index (χ0n) is 7.33. The third-order valence-electron chi connectivity index (χ3n) is 2.07. The van der Waals surface area contributed by atoms with Gasteiger partial charge in [0.05, 0.1) is 6.10 Å². The van der Waals surface area contributed by atoms with Gasteiger partial charge >= 0.3 is 5.97 Å². The van der Waals surface area contributed by atoms with Crippen molar-refractivity contribution in [1.82, 2.24) is 0 Å². The van der Waals surface area contributed by atoms with E-state index in [1.54, 1.807) is 0 Å². The Balaban J connectivity index is 2.45. The standard InChI is InChI=1S/C8H11I3O3/c9-4-1-5(10)8(6(11)2-4)14-3-7(12)13/h4-6,8H,1-3H2,(H,12,13). The summed E-state index contributed by atoms with van der Waals surface area (Å²) in [4.78, 5) is 10.4. The van der Waals surface area contributed by atoms with E-state index in [0.717, 1.165) is 12.8 Å². The van der Waals surface area contributed by atoms with Gasteiger partial charge in [0.1, 0.15) is 6.61 Å². The summed E-state index contributed by atoms with van der Waals surface area (Å²) in [6, 6.07) is 0. The van der Waals surface area contributed by atoms with Gasteiger partial charge in [-0.05, 0) is 12.8 Å². The van der Waals surface area contributed by atoms with E-state index in [-0.39, 0.29) is 12.7 Å². The number of hydrogen-bond acceptors (Lipinski definition) is 2. The largest absolute Gasteiger partial charge is 0.480 e. The molecule has 1 aliphatic rings. The maximum absolute atomic E-state index is 10.4. The van der Waals surface area contributed by atoms with Crippen LogP contribution in [0.15, 0.2) is 0 Å². The number of carboxylic acid groups (broad SMARTS) is 1. The molecule has 82 valence electrons. The molecule has 2 unspecified atom stereocenters. The average Bonchev–Trinajstić information content (AvgIpc) is 2.01. The lowest BCUT2D eigenvalue weighted by Crippen LogP contribution is -2.41. The Morgan fingerprint density at radius 3 is 2.21 bits per heavy atom. The minimum atomic E-state index is -0.881. The Kier molecular flexibility index (Phi) is 6.23. The third-order valence-corrected chi connectivity index (χ3v) is 5.53. The quantitative estimate of drug-likeness (QED) is 0.447. The molecule has 0 radical (unpaired) electrons. The molecule has 6 heteroatoms. The van der Waals surface area contributed by atoms with Crippen LogP contribution in [0.5, 0.6) is 0 Å². The van der Waals surface area contributed by atoms with E-state index in [0.29, 0.717) is 11.8 Å². The van der Waals surface area contributed by atoms with Gasteiger partial charge in [-0.2, -0.15) is 0 Å². The van der Waals surface area contributed by atoms with E-state index in [9.17, 15) is 4.79 Å². The van der Waals surface area contributed by atoms with Gasteiger partial charge < -0.3 is 9.84 Å². The fourth-order valence-electron chi connectivity index (χ4n) is 1.46. The van der Waals surface area contributed by atoms with Crippen LogP contribution in [0, 0.1) is 0 Å². The SMILES string of the molecule is O=C(O)COC1C(I)CC(I)CC1I. The van der Waals surface area contributed by atoms with E-state index in [2.05, 4.69) is 67.8 Å². The number of aliphatic carboxylic acids is 1. The van der Waals surface area contributed by atoms with Crippen molar-refractivity contribution in [3.63, 3.8) is 0 Å². The molecular weight excluding hydrogens is 525 g/mol. The van der Waals surface area contributed by atoms with Gasteiger partial charge in [0.15, 0.2) is 0 Å². The summed E-state index contributed by atoms with van der Waals surface area (Å²) in [6.45, 7) is -0.171. The van der Waals surface area contributed by atoms with Crippen LogP contribution in [-0.2, 0) is 9.53 Å². The summed E-state index contributed by atoms with van der Waals surface area (Å²) < 4.78 is 6.96. The van der Waals surface area contributed by atoms with Crippen LogP contribution in [0.2, 0.25) is 0 Å². The first kappa shape index (κ1) is 13.7. The van der Waals surface area contributed by atoms with Gasteiger partial charge in [-0.25, -0.2) is 4.79 Å². The number of ether oxygens (including phenoxy) is 1. The number of rotatable bonds is 3. The van der Waals surface area contributed by atoms with Crippen LogP contribution in [0.1, 0.15) is 12.8 Å². The first-order chi connectivity index (χ1) is 6.50. The molecule has 0 bridgehead atoms. The first-order valence-electron chi connectivity index (χ1n) is 4.26. The van der Waals surface area contributed by atoms with Crippen LogP contribution in [-0.4, -0.2) is 35.6 Å². The van der Waals surface area contributed by atoms with Crippen molar-refractivity contribution in [2.24, 2.45) is 0 Å². The van der Waals surface area contributed by atoms with Gasteiger partial charge in [0, 0.05) is 11.8 Å². The van der Waals surface area contributed by atoms with Crippen LogP contribution in [0.3, 0.4) is 0 Å². The van der Waals surface area contributed by atoms with Gasteiger partial charge in [-0.1, -0.05) is 67.8 Å². The van der Waals surface area contributed by atoms with Crippen molar-refractivity contribution in [2.75, 3.05) is 6.61 Å². The van der Waals surface area contributed by atoms with Crippen molar-refractivity contribution in [1.29, 1.82) is 0 Å². The lowest BCUT2D eigenvalue weighted by atomic mass is 9.97. The fourth-order valence-corrected chi connectivity index (χ4v) is 7.94. The van der Waals surface area contributed by atoms with Gasteiger partial charge in [-0.3, -0.25) is 0 Å². The number of hydrogen-bond donors (Lipinski definition) is 1. The molecule has 0 amide bonds. The molecule has 2 atom stereocenters. The normalized spacial score (nSPS) is 38.2. The number of carbonyl (C=O) groups is 1. The molecule has 1 fully saturated rings. The van der Waals surface area contributed by atoms with E-state index in [1.165, 1.54) is 0 Å². The molecule has 0 aromatic rings. The van der Waals surface area contributed by atoms with Gasteiger partial charge in [0.25, 0.3) is 0 Å². The second-order valence-corrected chi connectivity index (χ2v) is 8.23. The zero-order valence-corrected chi connectivity index (χ0v) is 13.8. The molecule has 0 saturated heterocycles. The van der Waals surface area contributed by atoms with Crippen molar-refractivity contribution in [3.05, 3.63) is 0 Å². The molecule has 3 nitrogen and oxygen atoms in total. The molecule has 14 heavy (non-hydrogen) atoms. The molecule has 1 rings (SSSR count). The summed E-state index contributed by atoms with van der Waals surface area (Å²) in [7, 11) is 0. The molecule has 0 aromatic carbocycles. The predicted molar refractivity (Wildman–Crippen MR) is 80.0 cm³/mol. The summed E-state index contributed by atoms with van der Waals surface area (Å²) in [5.41, 5.74) is 0. The summed E-state index contributed by atoms with van der Waals surface area (Å²) >= 11 is 7.19. The maximum atomic E-state index is 10.4. The Hall–Kier alpha value is 1.62. The first-order valence-corrected chi connectivity index (χ1v) is 8.00. The van der Waals surface area contributed by atoms with E-state index in [1.807, 2.05) is 0 Å². The third kappa shape index (κ3) is 4.24. The second-order valence-electron chi connectivity index (χ2n) is 3.27. The summed E-state index contributed by atoms with van der Waals surface area (Å²) in [5, 5.41) is 8.54. The molecule has 0 aliphatic heterocycles. The predicted octanol–water partition coefficient (Wildman–Crippen LogP) is 2.66. The Bertz CT molecular complexity index is 200. The zero-order chi connectivity index (χ0) is 10.7. The molecule has 0 spiro atoms. The van der Waals surface area contributed by atoms with Crippen LogP contribution in [0.4, 0.5) is 0 Å². The lowest BCUT2D eigenvalue weighted by molar-refractivity contribution is -0.144. The highest BCUT2D eigenvalue weighted by Crippen LogP contribution is 2.35. The highest BCUT2D eigenvalue weighted by atomic mass is 127. The molecule has 1 N–H and O–H groups in total. The minimum Gasteiger partial charge on any atom is -0.480 e. The molecule has 1 aliphatic carbocycles. The van der Waals surface area contributed by atoms with Gasteiger partial charge in [0.2, 0.25) is 0 Å². The van der Waals surface area contributed by atoms with Crippen molar-refractivity contribution in [3.8, 4) is 0 Å². The smallest absolute Gasteiger partial charge is 0.329 e. The molecule has 1 saturated carbocycles. The molecular formula is C8H11I3O3. The number of halogens is 3. The van der Waals surface area contributed by atoms with Gasteiger partial charge in [-0.15, -0.1) is 0 Å². The van der Waals surface area contributed by atoms with E-state index < -0.39 is 5.97 Å². The highest BCUT2D eigenvalue weighted by molar-refractivity contribution is 14.1. The minimum absolute atomic E-state index is 0.0957. The fraction of sp³-hybridized carbons (Fsp3) is 0.875. The molecule has 0 aromatic heterocycles. The Morgan fingerprint density at radius 2 is 1.79 bits per heavy atom. The number of carboxylic acids is 1. The van der Waals surface area contributed by atoms with Crippen LogP contribution < -0.4 is 0 Å². The van der Waals surface area contributed by atoms with Crippen LogP contribution in [0.25, 0.3) is 0 Å². The summed E-state index contributed by atoms with van der Waals surface area (Å²) in [6.07, 6.45) is 2.33. The Labute approximate surface area is 124 Å². The Morgan fingerprint density at radius 1 is 1.29 bits per heavy atom. The summed E-state index contributed by atoms with van der Waals surface area (Å²) in [5.74, 6) is -0.881. The second kappa shape index (κ2) is 6.38. The monoisotopic (exact) mass is 536 g/mol. The van der Waals surface area contributed by atoms with Crippen molar-refractivity contribution < 1.29 is 14.6 Å². The highest BCUT2D eigenvalue weighted by Gasteiger charge is 2.35. The van der Waals surface area contributed by atoms with Crippen molar-refractivity contribution in [2.45, 2.75) is 30.7 Å². The van der Waals surface area contributed by atoms with E-state index in [4.69, 9.17) is 9.84 Å². The van der Waals surface area contributed by atoms with Crippen LogP contribution >= 0.6 is 67.8 Å². The van der Waals surface area contributed by atoms with E-state index >= 15 is 0 Å². The van der Waals surface area contributed by atoms with Crippen molar-refractivity contribution >= 4 is 73.7 Å². The molecule has 0 heterocycles. The number of alkyl halides is 3.